The molecule has 0 saturated heterocycles. The molecule has 0 unspecified atom stereocenters. The largest absolute Gasteiger partial charge is 0.513 e. The normalized spacial score (nSPS) is 14.4. The van der Waals surface area contributed by atoms with Crippen LogP contribution in [0.5, 0.6) is 0 Å². The summed E-state index contributed by atoms with van der Waals surface area (Å²) in [7, 11) is 0. The van der Waals surface area contributed by atoms with Crippen LogP contribution >= 0.6 is 0 Å². The van der Waals surface area contributed by atoms with Crippen molar-refractivity contribution in [3.8, 4) is 0 Å². The molecule has 0 rings (SSSR count). The van der Waals surface area contributed by atoms with Crippen LogP contribution in [0, 0.1) is 0 Å². The van der Waals surface area contributed by atoms with Crippen molar-refractivity contribution in [1.82, 2.24) is 0 Å². The molecule has 0 bridgehead atoms. The average Bonchev–Trinajstić information content (AvgIpc) is 1.65. The van der Waals surface area contributed by atoms with Crippen LogP contribution in [0.2, 0.25) is 0 Å². The first-order chi connectivity index (χ1) is 3.66. The molecule has 0 aliphatic heterocycles. The van der Waals surface area contributed by atoms with Crippen molar-refractivity contribution in [2.24, 2.45) is 0 Å². The van der Waals surface area contributed by atoms with Gasteiger partial charge in [0.05, 0.1) is 5.83 Å². The summed E-state index contributed by atoms with van der Waals surface area (Å²) >= 11 is 0. The minimum atomic E-state index is -0.981. The van der Waals surface area contributed by atoms with Crippen LogP contribution in [0.3, 0.4) is 0 Å². The second kappa shape index (κ2) is 3.18. The fraction of sp³-hybridized carbons (Fsp3) is 0.200. The molecule has 46 valence electrons. The smallest absolute Gasteiger partial charge is 0.159 e. The van der Waals surface area contributed by atoms with Gasteiger partial charge in [-0.2, -0.15) is 0 Å². The van der Waals surface area contributed by atoms with Crippen LogP contribution in [0.25, 0.3) is 0 Å². The van der Waals surface area contributed by atoms with Crippen molar-refractivity contribution in [1.29, 1.82) is 0 Å². The molecule has 8 heavy (non-hydrogen) atoms. The number of halogens is 2. The van der Waals surface area contributed by atoms with Gasteiger partial charge in [0, 0.05) is 6.08 Å². The minimum Gasteiger partial charge on any atom is -0.513 e. The summed E-state index contributed by atoms with van der Waals surface area (Å²) in [5, 5.41) is 7.84. The molecule has 0 saturated carbocycles. The van der Waals surface area contributed by atoms with Crippen LogP contribution in [0.4, 0.5) is 8.78 Å². The Hall–Kier alpha value is -0.860. The van der Waals surface area contributed by atoms with Gasteiger partial charge in [-0.25, -0.2) is 8.78 Å². The predicted molar refractivity (Wildman–Crippen MR) is 26.7 cm³/mol. The van der Waals surface area contributed by atoms with Crippen LogP contribution in [-0.2, 0) is 0 Å². The Bertz CT molecular complexity index is 122. The summed E-state index contributed by atoms with van der Waals surface area (Å²) in [6, 6.07) is 0. The van der Waals surface area contributed by atoms with Crippen LogP contribution in [0.1, 0.15) is 6.92 Å². The second-order valence-corrected chi connectivity index (χ2v) is 1.25. The number of allylic oxidation sites excluding steroid dienone is 3. The van der Waals surface area contributed by atoms with Crippen molar-refractivity contribution < 1.29 is 13.9 Å². The average molecular weight is 120 g/mol. The molecular formula is C5H6F2O. The molecule has 1 N–H and O–H groups in total. The highest BCUT2D eigenvalue weighted by Gasteiger charge is 1.87. The van der Waals surface area contributed by atoms with E-state index in [2.05, 4.69) is 0 Å². The highest BCUT2D eigenvalue weighted by atomic mass is 19.1. The summed E-state index contributed by atoms with van der Waals surface area (Å²) in [6.07, 6.45) is 0.781. The van der Waals surface area contributed by atoms with Gasteiger partial charge in [-0.05, 0) is 6.92 Å². The lowest BCUT2D eigenvalue weighted by molar-refractivity contribution is 0.445. The fourth-order valence-corrected chi connectivity index (χ4v) is 0.227. The first-order valence-electron chi connectivity index (χ1n) is 2.00. The van der Waals surface area contributed by atoms with Gasteiger partial charge in [0.15, 0.2) is 5.83 Å². The van der Waals surface area contributed by atoms with Gasteiger partial charge in [-0.1, -0.05) is 0 Å². The Morgan fingerprint density at radius 3 is 2.12 bits per heavy atom. The van der Waals surface area contributed by atoms with Crippen molar-refractivity contribution in [2.45, 2.75) is 6.92 Å². The molecule has 3 heteroatoms. The maximum atomic E-state index is 11.7. The van der Waals surface area contributed by atoms with Gasteiger partial charge in [0.25, 0.3) is 0 Å². The van der Waals surface area contributed by atoms with Crippen molar-refractivity contribution >= 4 is 0 Å². The highest BCUT2D eigenvalue weighted by Crippen LogP contribution is 2.02. The standard InChI is InChI=1S/C5H6F2O/c1-4(6)2-5(7)3-8/h2-3,8H,1H3/b4-2-,5-3-. The molecule has 0 aromatic rings. The first kappa shape index (κ1) is 7.14. The van der Waals surface area contributed by atoms with Gasteiger partial charge in [0.2, 0.25) is 0 Å². The number of rotatable bonds is 1. The van der Waals surface area contributed by atoms with E-state index in [1.807, 2.05) is 0 Å². The maximum absolute atomic E-state index is 11.7. The molecule has 0 aliphatic carbocycles. The van der Waals surface area contributed by atoms with Gasteiger partial charge < -0.3 is 5.11 Å². The molecule has 0 aliphatic rings. The maximum Gasteiger partial charge on any atom is 0.159 e. The second-order valence-electron chi connectivity index (χ2n) is 1.25. The molecule has 0 amide bonds. The van der Waals surface area contributed by atoms with Crippen LogP contribution in [-0.4, -0.2) is 5.11 Å². The van der Waals surface area contributed by atoms with E-state index in [9.17, 15) is 8.78 Å². The van der Waals surface area contributed by atoms with Gasteiger partial charge in [-0.15, -0.1) is 0 Å². The molecule has 0 radical (unpaired) electrons. The summed E-state index contributed by atoms with van der Waals surface area (Å²) in [5.74, 6) is -1.65. The first-order valence-corrected chi connectivity index (χ1v) is 2.00. The van der Waals surface area contributed by atoms with E-state index in [0.29, 0.717) is 6.08 Å². The summed E-state index contributed by atoms with van der Waals surface area (Å²) in [4.78, 5) is 0. The third-order valence-corrected chi connectivity index (χ3v) is 0.460. The topological polar surface area (TPSA) is 20.2 Å². The number of aliphatic hydroxyl groups is 1. The van der Waals surface area contributed by atoms with Gasteiger partial charge in [0.1, 0.15) is 6.26 Å². The number of aliphatic hydroxyl groups excluding tert-OH is 1. The summed E-state index contributed by atoms with van der Waals surface area (Å²) < 4.78 is 23.3. The molecule has 1 nitrogen and oxygen atoms in total. The zero-order valence-corrected chi connectivity index (χ0v) is 4.36. The third-order valence-electron chi connectivity index (χ3n) is 0.460. The zero-order valence-electron chi connectivity index (χ0n) is 4.36. The SMILES string of the molecule is C/C(F)=C/C(F)=C/O. The van der Waals surface area contributed by atoms with E-state index < -0.39 is 11.7 Å². The Morgan fingerprint density at radius 1 is 1.50 bits per heavy atom. The van der Waals surface area contributed by atoms with Crippen LogP contribution in [0.15, 0.2) is 24.0 Å². The Balaban J connectivity index is 3.89. The van der Waals surface area contributed by atoms with Crippen LogP contribution < -0.4 is 0 Å². The van der Waals surface area contributed by atoms with E-state index in [1.165, 1.54) is 0 Å². The Labute approximate surface area is 45.9 Å². The molecule has 0 aromatic heterocycles. The Morgan fingerprint density at radius 2 is 2.00 bits per heavy atom. The van der Waals surface area contributed by atoms with Crippen molar-refractivity contribution in [3.63, 3.8) is 0 Å². The molecule has 0 fully saturated rings. The van der Waals surface area contributed by atoms with E-state index in [-0.39, 0.29) is 6.26 Å². The quantitative estimate of drug-likeness (QED) is 0.415. The number of hydrogen-bond donors (Lipinski definition) is 1. The highest BCUT2D eigenvalue weighted by molar-refractivity contribution is 5.09. The van der Waals surface area contributed by atoms with Gasteiger partial charge >= 0.3 is 0 Å². The minimum absolute atomic E-state index is 0.198. The summed E-state index contributed by atoms with van der Waals surface area (Å²) in [5.41, 5.74) is 0. The van der Waals surface area contributed by atoms with Crippen molar-refractivity contribution in [2.75, 3.05) is 0 Å². The number of hydrogen-bond acceptors (Lipinski definition) is 1. The van der Waals surface area contributed by atoms with E-state index >= 15 is 0 Å². The zero-order chi connectivity index (χ0) is 6.57. The predicted octanol–water partition coefficient (Wildman–Crippen LogP) is 2.23. The van der Waals surface area contributed by atoms with E-state index in [1.54, 1.807) is 0 Å². The molecule has 0 aromatic carbocycles. The molecule has 0 spiro atoms. The lowest BCUT2D eigenvalue weighted by atomic mass is 10.5. The van der Waals surface area contributed by atoms with Gasteiger partial charge in [-0.3, -0.25) is 0 Å². The molecule has 0 atom stereocenters. The van der Waals surface area contributed by atoms with E-state index in [4.69, 9.17) is 5.11 Å². The molecule has 0 heterocycles. The summed E-state index contributed by atoms with van der Waals surface area (Å²) in [6.45, 7) is 1.09. The Kier molecular flexibility index (Phi) is 2.84. The monoisotopic (exact) mass is 120 g/mol. The van der Waals surface area contributed by atoms with Crippen molar-refractivity contribution in [3.05, 3.63) is 24.0 Å². The lowest BCUT2D eigenvalue weighted by Gasteiger charge is -1.80. The lowest BCUT2D eigenvalue weighted by Crippen LogP contribution is -1.65. The third kappa shape index (κ3) is 3.33. The molecular weight excluding hydrogens is 114 g/mol. The van der Waals surface area contributed by atoms with E-state index in [0.717, 1.165) is 6.92 Å². The fourth-order valence-electron chi connectivity index (χ4n) is 0.227.